The second kappa shape index (κ2) is 10.1. The molecule has 0 bridgehead atoms. The number of hydrogen-bond acceptors (Lipinski definition) is 5. The molecule has 0 atom stereocenters. The van der Waals surface area contributed by atoms with Crippen LogP contribution in [-0.4, -0.2) is 20.2 Å². The van der Waals surface area contributed by atoms with E-state index in [-0.39, 0.29) is 0 Å². The summed E-state index contributed by atoms with van der Waals surface area (Å²) in [5.74, 6) is 1.42. The zero-order valence-corrected chi connectivity index (χ0v) is 18.4. The van der Waals surface area contributed by atoms with Crippen LogP contribution in [0.25, 0.3) is 0 Å². The van der Waals surface area contributed by atoms with Gasteiger partial charge >= 0.3 is 0 Å². The monoisotopic (exact) mass is 483 g/mol. The molecule has 2 aromatic carbocycles. The van der Waals surface area contributed by atoms with Gasteiger partial charge in [-0.2, -0.15) is 0 Å². The van der Waals surface area contributed by atoms with E-state index in [1.54, 1.807) is 10.7 Å². The molecule has 3 aromatic rings. The molecule has 148 valence electrons. The van der Waals surface area contributed by atoms with Gasteiger partial charge in [-0.25, -0.2) is 4.68 Å². The molecule has 1 N–H and O–H groups in total. The van der Waals surface area contributed by atoms with Crippen LogP contribution in [0.2, 0.25) is 10.0 Å². The van der Waals surface area contributed by atoms with Crippen LogP contribution in [0.3, 0.4) is 0 Å². The third-order valence-corrected chi connectivity index (χ3v) is 5.33. The number of hydrogen-bond donors (Lipinski definition) is 1. The molecule has 0 radical (unpaired) electrons. The molecule has 0 unspecified atom stereocenters. The van der Waals surface area contributed by atoms with Gasteiger partial charge in [-0.3, -0.25) is 0 Å². The second-order valence-electron chi connectivity index (χ2n) is 6.22. The molecule has 0 saturated carbocycles. The summed E-state index contributed by atoms with van der Waals surface area (Å²) in [5.41, 5.74) is 1.93. The van der Waals surface area contributed by atoms with Gasteiger partial charge in [-0.1, -0.05) is 63.6 Å². The van der Waals surface area contributed by atoms with E-state index < -0.39 is 0 Å². The number of rotatable bonds is 9. The Balaban J connectivity index is 1.68. The maximum atomic E-state index is 6.08. The average molecular weight is 485 g/mol. The van der Waals surface area contributed by atoms with Crippen LogP contribution in [-0.2, 0) is 19.7 Å². The van der Waals surface area contributed by atoms with Crippen molar-refractivity contribution in [2.75, 3.05) is 5.32 Å². The average Bonchev–Trinajstić information content (AvgIpc) is 3.14. The highest BCUT2D eigenvalue weighted by molar-refractivity contribution is 9.10. The van der Waals surface area contributed by atoms with E-state index in [0.29, 0.717) is 29.1 Å². The third kappa shape index (κ3) is 5.59. The maximum absolute atomic E-state index is 6.08. The molecule has 6 nitrogen and oxygen atoms in total. The lowest BCUT2D eigenvalue weighted by Crippen LogP contribution is -2.10. The minimum atomic E-state index is 0.389. The fourth-order valence-corrected chi connectivity index (χ4v) is 3.31. The number of aryl methyl sites for hydroxylation is 1. The molecule has 0 aliphatic heterocycles. The van der Waals surface area contributed by atoms with E-state index >= 15 is 0 Å². The minimum absolute atomic E-state index is 0.389. The number of aromatic nitrogens is 4. The third-order valence-electron chi connectivity index (χ3n) is 4.09. The Kier molecular flexibility index (Phi) is 7.53. The summed E-state index contributed by atoms with van der Waals surface area (Å²) >= 11 is 15.6. The molecule has 0 aliphatic carbocycles. The molecule has 0 fully saturated rings. The molecule has 1 aromatic heterocycles. The lowest BCUT2D eigenvalue weighted by Gasteiger charge is -2.13. The Morgan fingerprint density at radius 3 is 2.79 bits per heavy atom. The summed E-state index contributed by atoms with van der Waals surface area (Å²) in [6, 6.07) is 11.4. The SMILES string of the molecule is CCCCn1nnnc1NCc1cc(Br)ccc1OCc1ccc(Cl)c(Cl)c1. The molecule has 0 spiro atoms. The van der Waals surface area contributed by atoms with Crippen LogP contribution < -0.4 is 10.1 Å². The minimum Gasteiger partial charge on any atom is -0.489 e. The van der Waals surface area contributed by atoms with Gasteiger partial charge in [0.1, 0.15) is 12.4 Å². The molecular weight excluding hydrogens is 465 g/mol. The molecular formula is C19H20BrCl2N5O. The van der Waals surface area contributed by atoms with Crippen molar-refractivity contribution in [2.45, 2.75) is 39.5 Å². The standard InChI is InChI=1S/C19H20BrCl2N5O/c1-2-3-8-27-19(24-25-26-27)23-11-14-10-15(20)5-7-18(14)28-12-13-4-6-16(21)17(22)9-13/h4-7,9-10H,2-3,8,11-12H2,1H3,(H,23,24,26). The molecule has 1 heterocycles. The largest absolute Gasteiger partial charge is 0.489 e. The van der Waals surface area contributed by atoms with E-state index in [4.69, 9.17) is 27.9 Å². The summed E-state index contributed by atoms with van der Waals surface area (Å²) in [4.78, 5) is 0. The Labute approximate surface area is 182 Å². The first-order chi connectivity index (χ1) is 13.6. The summed E-state index contributed by atoms with van der Waals surface area (Å²) in [5, 5.41) is 16.2. The Morgan fingerprint density at radius 2 is 2.00 bits per heavy atom. The number of anilines is 1. The van der Waals surface area contributed by atoms with Crippen molar-refractivity contribution in [3.8, 4) is 5.75 Å². The van der Waals surface area contributed by atoms with Crippen molar-refractivity contribution in [1.82, 2.24) is 20.2 Å². The first kappa shape index (κ1) is 20.9. The van der Waals surface area contributed by atoms with Crippen LogP contribution in [0.5, 0.6) is 5.75 Å². The fourth-order valence-electron chi connectivity index (χ4n) is 2.58. The molecule has 0 aliphatic rings. The predicted octanol–water partition coefficient (Wildman–Crippen LogP) is 5.73. The predicted molar refractivity (Wildman–Crippen MR) is 115 cm³/mol. The smallest absolute Gasteiger partial charge is 0.243 e. The van der Waals surface area contributed by atoms with Gasteiger partial charge in [0.2, 0.25) is 5.95 Å². The van der Waals surface area contributed by atoms with Gasteiger partial charge in [0.05, 0.1) is 10.0 Å². The lowest BCUT2D eigenvalue weighted by molar-refractivity contribution is 0.303. The summed E-state index contributed by atoms with van der Waals surface area (Å²) in [6.07, 6.45) is 2.10. The van der Waals surface area contributed by atoms with Gasteiger partial charge in [-0.15, -0.1) is 0 Å². The quantitative estimate of drug-likeness (QED) is 0.419. The maximum Gasteiger partial charge on any atom is 0.243 e. The number of benzene rings is 2. The number of unbranched alkanes of at least 4 members (excludes halogenated alkanes) is 1. The van der Waals surface area contributed by atoms with Gasteiger partial charge in [-0.05, 0) is 52.7 Å². The topological polar surface area (TPSA) is 64.9 Å². The van der Waals surface area contributed by atoms with E-state index in [9.17, 15) is 0 Å². The van der Waals surface area contributed by atoms with Gasteiger partial charge in [0, 0.05) is 23.1 Å². The first-order valence-electron chi connectivity index (χ1n) is 8.92. The molecule has 28 heavy (non-hydrogen) atoms. The van der Waals surface area contributed by atoms with Crippen LogP contribution >= 0.6 is 39.1 Å². The molecule has 0 amide bonds. The highest BCUT2D eigenvalue weighted by Gasteiger charge is 2.10. The van der Waals surface area contributed by atoms with Gasteiger partial charge in [0.15, 0.2) is 0 Å². The summed E-state index contributed by atoms with van der Waals surface area (Å²) in [7, 11) is 0. The van der Waals surface area contributed by atoms with Crippen molar-refractivity contribution < 1.29 is 4.74 Å². The fraction of sp³-hybridized carbons (Fsp3) is 0.316. The van der Waals surface area contributed by atoms with E-state index in [2.05, 4.69) is 43.7 Å². The van der Waals surface area contributed by atoms with Crippen molar-refractivity contribution in [3.05, 3.63) is 62.0 Å². The van der Waals surface area contributed by atoms with Gasteiger partial charge in [0.25, 0.3) is 0 Å². The number of nitrogens with zero attached hydrogens (tertiary/aromatic N) is 4. The number of ether oxygens (including phenoxy) is 1. The van der Waals surface area contributed by atoms with Crippen LogP contribution in [0.4, 0.5) is 5.95 Å². The van der Waals surface area contributed by atoms with E-state index in [0.717, 1.165) is 40.7 Å². The molecule has 9 heteroatoms. The highest BCUT2D eigenvalue weighted by atomic mass is 79.9. The number of halogens is 3. The molecule has 3 rings (SSSR count). The summed E-state index contributed by atoms with van der Waals surface area (Å²) in [6.45, 7) is 3.84. The number of tetrazole rings is 1. The Bertz CT molecular complexity index is 934. The van der Waals surface area contributed by atoms with Crippen LogP contribution in [0.15, 0.2) is 40.9 Å². The first-order valence-corrected chi connectivity index (χ1v) is 10.5. The van der Waals surface area contributed by atoms with Crippen molar-refractivity contribution in [2.24, 2.45) is 0 Å². The zero-order valence-electron chi connectivity index (χ0n) is 15.3. The van der Waals surface area contributed by atoms with Crippen LogP contribution in [0, 0.1) is 0 Å². The lowest BCUT2D eigenvalue weighted by atomic mass is 10.2. The van der Waals surface area contributed by atoms with Gasteiger partial charge < -0.3 is 10.1 Å². The van der Waals surface area contributed by atoms with Crippen LogP contribution in [0.1, 0.15) is 30.9 Å². The Morgan fingerprint density at radius 1 is 1.14 bits per heavy atom. The normalized spacial score (nSPS) is 10.9. The highest BCUT2D eigenvalue weighted by Crippen LogP contribution is 2.27. The van der Waals surface area contributed by atoms with Crippen molar-refractivity contribution in [1.29, 1.82) is 0 Å². The molecule has 0 saturated heterocycles. The van der Waals surface area contributed by atoms with Crippen molar-refractivity contribution >= 4 is 45.1 Å². The van der Waals surface area contributed by atoms with E-state index in [1.165, 1.54) is 0 Å². The Hall–Kier alpha value is -1.83. The van der Waals surface area contributed by atoms with E-state index in [1.807, 2.05) is 30.3 Å². The number of nitrogens with one attached hydrogen (secondary N) is 1. The zero-order chi connectivity index (χ0) is 19.9. The second-order valence-corrected chi connectivity index (χ2v) is 7.95. The summed E-state index contributed by atoms with van der Waals surface area (Å²) < 4.78 is 8.76. The van der Waals surface area contributed by atoms with Crippen molar-refractivity contribution in [3.63, 3.8) is 0 Å².